The van der Waals surface area contributed by atoms with Crippen molar-refractivity contribution in [1.82, 2.24) is 10.2 Å². The van der Waals surface area contributed by atoms with Gasteiger partial charge in [0.15, 0.2) is 0 Å². The van der Waals surface area contributed by atoms with Gasteiger partial charge in [0.05, 0.1) is 6.04 Å². The first-order valence-corrected chi connectivity index (χ1v) is 8.39. The van der Waals surface area contributed by atoms with Crippen LogP contribution in [0.3, 0.4) is 0 Å². The standard InChI is InChI=1S/C16H24N2OS.ClH/c1-13-16(14-7-4-3-5-8-14)18(11-12-20-13)15(19)9-6-10-17-2;/h3-5,7-8,13,16-17H,6,9-12H2,1-2H3;1H. The van der Waals surface area contributed by atoms with Crippen LogP contribution in [0, 0.1) is 0 Å². The summed E-state index contributed by atoms with van der Waals surface area (Å²) < 4.78 is 0. The van der Waals surface area contributed by atoms with E-state index in [-0.39, 0.29) is 18.4 Å². The van der Waals surface area contributed by atoms with E-state index < -0.39 is 0 Å². The van der Waals surface area contributed by atoms with Gasteiger partial charge in [-0.1, -0.05) is 37.3 Å². The van der Waals surface area contributed by atoms with Crippen LogP contribution in [0.1, 0.15) is 31.4 Å². The lowest BCUT2D eigenvalue weighted by Gasteiger charge is -2.40. The summed E-state index contributed by atoms with van der Waals surface area (Å²) in [6, 6.07) is 10.7. The van der Waals surface area contributed by atoms with Gasteiger partial charge in [0.25, 0.3) is 0 Å². The van der Waals surface area contributed by atoms with Gasteiger partial charge in [-0.05, 0) is 25.6 Å². The highest BCUT2D eigenvalue weighted by molar-refractivity contribution is 8.00. The van der Waals surface area contributed by atoms with E-state index in [4.69, 9.17) is 0 Å². The molecule has 1 aliphatic heterocycles. The number of halogens is 1. The molecule has 1 amide bonds. The molecule has 0 spiro atoms. The Balaban J connectivity index is 0.00000220. The van der Waals surface area contributed by atoms with E-state index >= 15 is 0 Å². The number of benzene rings is 1. The number of carbonyl (C=O) groups excluding carboxylic acids is 1. The largest absolute Gasteiger partial charge is 0.334 e. The maximum atomic E-state index is 12.5. The molecule has 0 bridgehead atoms. The van der Waals surface area contributed by atoms with E-state index in [1.807, 2.05) is 24.9 Å². The van der Waals surface area contributed by atoms with Crippen molar-refractivity contribution in [3.05, 3.63) is 35.9 Å². The highest BCUT2D eigenvalue weighted by atomic mass is 35.5. The Morgan fingerprint density at radius 1 is 1.38 bits per heavy atom. The van der Waals surface area contributed by atoms with E-state index in [0.717, 1.165) is 25.3 Å². The van der Waals surface area contributed by atoms with Crippen LogP contribution in [0.15, 0.2) is 30.3 Å². The fraction of sp³-hybridized carbons (Fsp3) is 0.562. The van der Waals surface area contributed by atoms with Gasteiger partial charge in [-0.15, -0.1) is 12.4 Å². The molecule has 0 radical (unpaired) electrons. The first-order chi connectivity index (χ1) is 9.74. The first kappa shape index (κ1) is 18.3. The van der Waals surface area contributed by atoms with Crippen molar-refractivity contribution in [3.63, 3.8) is 0 Å². The molecule has 0 saturated carbocycles. The number of hydrogen-bond acceptors (Lipinski definition) is 3. The van der Waals surface area contributed by atoms with Crippen LogP contribution in [0.4, 0.5) is 0 Å². The minimum Gasteiger partial charge on any atom is -0.334 e. The van der Waals surface area contributed by atoms with Crippen LogP contribution in [0.25, 0.3) is 0 Å². The smallest absolute Gasteiger partial charge is 0.223 e. The Labute approximate surface area is 138 Å². The molecule has 1 N–H and O–H groups in total. The van der Waals surface area contributed by atoms with E-state index in [2.05, 4.69) is 41.4 Å². The second kappa shape index (κ2) is 9.34. The molecule has 1 saturated heterocycles. The molecule has 1 heterocycles. The molecule has 5 heteroatoms. The van der Waals surface area contributed by atoms with Gasteiger partial charge >= 0.3 is 0 Å². The minimum absolute atomic E-state index is 0. The highest BCUT2D eigenvalue weighted by Crippen LogP contribution is 2.36. The van der Waals surface area contributed by atoms with Crippen LogP contribution >= 0.6 is 24.2 Å². The Morgan fingerprint density at radius 2 is 2.10 bits per heavy atom. The fourth-order valence-corrected chi connectivity index (χ4v) is 3.92. The van der Waals surface area contributed by atoms with Crippen LogP contribution in [-0.4, -0.2) is 41.9 Å². The van der Waals surface area contributed by atoms with Crippen LogP contribution in [0.2, 0.25) is 0 Å². The Bertz CT molecular complexity index is 430. The third-order valence-corrected chi connectivity index (χ3v) is 4.97. The van der Waals surface area contributed by atoms with Crippen LogP contribution < -0.4 is 5.32 Å². The number of carbonyl (C=O) groups is 1. The molecule has 1 aromatic rings. The van der Waals surface area contributed by atoms with Crippen LogP contribution in [-0.2, 0) is 4.79 Å². The molecule has 1 fully saturated rings. The Kier molecular flexibility index (Phi) is 8.15. The second-order valence-corrected chi connectivity index (χ2v) is 6.71. The lowest BCUT2D eigenvalue weighted by atomic mass is 10.0. The third-order valence-electron chi connectivity index (χ3n) is 3.77. The van der Waals surface area contributed by atoms with E-state index in [1.54, 1.807) is 0 Å². The van der Waals surface area contributed by atoms with Crippen molar-refractivity contribution in [2.45, 2.75) is 31.1 Å². The number of amides is 1. The zero-order chi connectivity index (χ0) is 14.4. The van der Waals surface area contributed by atoms with Crippen molar-refractivity contribution in [1.29, 1.82) is 0 Å². The van der Waals surface area contributed by atoms with Gasteiger partial charge in [-0.25, -0.2) is 0 Å². The molecule has 118 valence electrons. The third kappa shape index (κ3) is 4.90. The molecule has 1 aromatic carbocycles. The lowest BCUT2D eigenvalue weighted by Crippen LogP contribution is -2.44. The number of hydrogen-bond donors (Lipinski definition) is 1. The normalized spacial score (nSPS) is 21.7. The molecule has 2 unspecified atom stereocenters. The van der Waals surface area contributed by atoms with Gasteiger partial charge in [0.2, 0.25) is 5.91 Å². The summed E-state index contributed by atoms with van der Waals surface area (Å²) in [4.78, 5) is 14.6. The predicted octanol–water partition coefficient (Wildman–Crippen LogP) is 3.11. The van der Waals surface area contributed by atoms with Crippen LogP contribution in [0.5, 0.6) is 0 Å². The Hall–Kier alpha value is -0.710. The lowest BCUT2D eigenvalue weighted by molar-refractivity contribution is -0.133. The van der Waals surface area contributed by atoms with E-state index in [9.17, 15) is 4.79 Å². The van der Waals surface area contributed by atoms with Gasteiger partial charge in [-0.2, -0.15) is 11.8 Å². The van der Waals surface area contributed by atoms with Crippen molar-refractivity contribution in [3.8, 4) is 0 Å². The van der Waals surface area contributed by atoms with E-state index in [1.165, 1.54) is 5.56 Å². The average molecular weight is 329 g/mol. The number of rotatable bonds is 5. The SMILES string of the molecule is CNCCCC(=O)N1CCSC(C)C1c1ccccc1.Cl. The minimum atomic E-state index is 0. The Morgan fingerprint density at radius 3 is 2.76 bits per heavy atom. The maximum absolute atomic E-state index is 12.5. The molecular formula is C16H25ClN2OS. The summed E-state index contributed by atoms with van der Waals surface area (Å²) in [7, 11) is 1.93. The monoisotopic (exact) mass is 328 g/mol. The number of nitrogens with one attached hydrogen (secondary N) is 1. The summed E-state index contributed by atoms with van der Waals surface area (Å²) in [5, 5.41) is 3.56. The predicted molar refractivity (Wildman–Crippen MR) is 93.2 cm³/mol. The first-order valence-electron chi connectivity index (χ1n) is 7.34. The zero-order valence-corrected chi connectivity index (χ0v) is 14.4. The molecule has 2 rings (SSSR count). The molecule has 2 atom stereocenters. The number of nitrogens with zero attached hydrogens (tertiary/aromatic N) is 1. The van der Waals surface area contributed by atoms with Gasteiger partial charge in [-0.3, -0.25) is 4.79 Å². The van der Waals surface area contributed by atoms with E-state index in [0.29, 0.717) is 17.6 Å². The molecule has 3 nitrogen and oxygen atoms in total. The summed E-state index contributed by atoms with van der Waals surface area (Å²) in [5.74, 6) is 1.34. The van der Waals surface area contributed by atoms with Gasteiger partial charge < -0.3 is 10.2 Å². The fourth-order valence-electron chi connectivity index (χ4n) is 2.76. The topological polar surface area (TPSA) is 32.3 Å². The molecule has 0 aromatic heterocycles. The average Bonchev–Trinajstić information content (AvgIpc) is 2.48. The van der Waals surface area contributed by atoms with Crippen molar-refractivity contribution in [2.75, 3.05) is 25.9 Å². The van der Waals surface area contributed by atoms with Crippen molar-refractivity contribution < 1.29 is 4.79 Å². The number of thioether (sulfide) groups is 1. The summed E-state index contributed by atoms with van der Waals surface area (Å²) in [6.45, 7) is 4.00. The molecule has 21 heavy (non-hydrogen) atoms. The maximum Gasteiger partial charge on any atom is 0.223 e. The quantitative estimate of drug-likeness (QED) is 0.843. The van der Waals surface area contributed by atoms with Gasteiger partial charge in [0, 0.05) is 24.0 Å². The molecule has 0 aliphatic carbocycles. The summed E-state index contributed by atoms with van der Waals surface area (Å²) in [6.07, 6.45) is 1.55. The molecule has 1 aliphatic rings. The van der Waals surface area contributed by atoms with Gasteiger partial charge in [0.1, 0.15) is 0 Å². The highest BCUT2D eigenvalue weighted by Gasteiger charge is 2.32. The van der Waals surface area contributed by atoms with Crippen molar-refractivity contribution >= 4 is 30.1 Å². The second-order valence-electron chi connectivity index (χ2n) is 5.23. The summed E-state index contributed by atoms with van der Waals surface area (Å²) >= 11 is 1.96. The van der Waals surface area contributed by atoms with Crippen molar-refractivity contribution in [2.24, 2.45) is 0 Å². The molecular weight excluding hydrogens is 304 g/mol. The zero-order valence-electron chi connectivity index (χ0n) is 12.7. The summed E-state index contributed by atoms with van der Waals surface area (Å²) in [5.41, 5.74) is 1.26.